The Bertz CT molecular complexity index is 1020. The van der Waals surface area contributed by atoms with Gasteiger partial charge in [0.1, 0.15) is 11.4 Å². The quantitative estimate of drug-likeness (QED) is 0.312. The highest BCUT2D eigenvalue weighted by Gasteiger charge is 2.33. The third-order valence-electron chi connectivity index (χ3n) is 5.14. The fraction of sp³-hybridized carbons (Fsp3) is 0.304. The zero-order valence-electron chi connectivity index (χ0n) is 17.2. The van der Waals surface area contributed by atoms with Crippen LogP contribution in [0.1, 0.15) is 41.5 Å². The highest BCUT2D eigenvalue weighted by molar-refractivity contribution is 7.19. The highest BCUT2D eigenvalue weighted by Crippen LogP contribution is 2.34. The second-order valence-corrected chi connectivity index (χ2v) is 8.50. The van der Waals surface area contributed by atoms with E-state index in [9.17, 15) is 4.79 Å². The van der Waals surface area contributed by atoms with Crippen molar-refractivity contribution in [1.82, 2.24) is 19.7 Å². The second kappa shape index (κ2) is 9.65. The summed E-state index contributed by atoms with van der Waals surface area (Å²) < 4.78 is 1.88. The Kier molecular flexibility index (Phi) is 6.97. The Morgan fingerprint density at radius 3 is 2.83 bits per heavy atom. The molecule has 7 heteroatoms. The molecule has 0 radical (unpaired) electrons. The van der Waals surface area contributed by atoms with Crippen LogP contribution < -0.4 is 0 Å². The number of terminal acetylenes is 1. The number of aromatic nitrogens is 3. The average Bonchev–Trinajstić information content (AvgIpc) is 3.20. The molecule has 1 atom stereocenters. The van der Waals surface area contributed by atoms with E-state index in [1.807, 2.05) is 28.8 Å². The molecule has 0 bridgehead atoms. The molecule has 0 aliphatic carbocycles. The lowest BCUT2D eigenvalue weighted by atomic mass is 9.94. The van der Waals surface area contributed by atoms with Crippen LogP contribution in [0.25, 0.3) is 5.70 Å². The molecular weight excluding hydrogens is 393 g/mol. The van der Waals surface area contributed by atoms with Crippen molar-refractivity contribution in [2.45, 2.75) is 31.5 Å². The third kappa shape index (κ3) is 4.93. The summed E-state index contributed by atoms with van der Waals surface area (Å²) in [4.78, 5) is 23.9. The van der Waals surface area contributed by atoms with Crippen LogP contribution in [0.2, 0.25) is 0 Å². The Hall–Kier alpha value is -3.03. The van der Waals surface area contributed by atoms with Gasteiger partial charge in [-0.15, -0.1) is 15.7 Å². The SMILES string of the molecule is C#Cc1ccn(CC2(P)CCN(C(=O)c3cccnc3C(=C/C=C)/N=C\C)CC2)n1. The number of amides is 1. The van der Waals surface area contributed by atoms with Gasteiger partial charge >= 0.3 is 0 Å². The van der Waals surface area contributed by atoms with Crippen LogP contribution in [-0.4, -0.2) is 50.0 Å². The van der Waals surface area contributed by atoms with Crippen molar-refractivity contribution in [3.8, 4) is 12.3 Å². The van der Waals surface area contributed by atoms with Gasteiger partial charge in [0, 0.05) is 36.9 Å². The second-order valence-electron chi connectivity index (χ2n) is 7.27. The molecule has 1 unspecified atom stereocenters. The summed E-state index contributed by atoms with van der Waals surface area (Å²) in [5, 5.41) is 4.37. The number of allylic oxidation sites excluding steroid dienone is 2. The van der Waals surface area contributed by atoms with E-state index >= 15 is 0 Å². The fourth-order valence-corrected chi connectivity index (χ4v) is 3.99. The molecule has 3 rings (SSSR count). The first-order valence-electron chi connectivity index (χ1n) is 9.84. The average molecular weight is 419 g/mol. The van der Waals surface area contributed by atoms with E-state index in [0.29, 0.717) is 35.7 Å². The molecule has 1 saturated heterocycles. The topological polar surface area (TPSA) is 63.4 Å². The van der Waals surface area contributed by atoms with Crippen molar-refractivity contribution in [2.75, 3.05) is 13.1 Å². The molecular formula is C23H26N5OP. The van der Waals surface area contributed by atoms with E-state index in [2.05, 4.69) is 36.8 Å². The maximum Gasteiger partial charge on any atom is 0.256 e. The summed E-state index contributed by atoms with van der Waals surface area (Å²) in [6, 6.07) is 5.42. The number of nitrogens with zero attached hydrogens (tertiary/aromatic N) is 5. The fourth-order valence-electron chi connectivity index (χ4n) is 3.55. The van der Waals surface area contributed by atoms with Crippen molar-refractivity contribution < 1.29 is 4.79 Å². The van der Waals surface area contributed by atoms with Gasteiger partial charge in [-0.1, -0.05) is 12.7 Å². The number of carbonyl (C=O) groups is 1. The van der Waals surface area contributed by atoms with Gasteiger partial charge in [-0.05, 0) is 50.0 Å². The Balaban J connectivity index is 1.73. The van der Waals surface area contributed by atoms with Gasteiger partial charge in [-0.25, -0.2) is 0 Å². The maximum absolute atomic E-state index is 13.3. The lowest BCUT2D eigenvalue weighted by molar-refractivity contribution is 0.0697. The maximum atomic E-state index is 13.3. The van der Waals surface area contributed by atoms with Crippen molar-refractivity contribution >= 4 is 27.1 Å². The van der Waals surface area contributed by atoms with Crippen LogP contribution in [0.3, 0.4) is 0 Å². The van der Waals surface area contributed by atoms with Crippen LogP contribution >= 0.6 is 9.24 Å². The van der Waals surface area contributed by atoms with Crippen LogP contribution in [-0.2, 0) is 6.54 Å². The zero-order chi connectivity index (χ0) is 21.6. The van der Waals surface area contributed by atoms with Gasteiger partial charge in [-0.3, -0.25) is 19.5 Å². The molecule has 0 spiro atoms. The monoisotopic (exact) mass is 419 g/mol. The lowest BCUT2D eigenvalue weighted by Gasteiger charge is -2.39. The molecule has 6 nitrogen and oxygen atoms in total. The van der Waals surface area contributed by atoms with E-state index < -0.39 is 0 Å². The normalized spacial score (nSPS) is 16.4. The standard InChI is InChI=1S/C23H26N5OP/c1-4-8-20(24-6-3)21-19(9-7-13-25-21)22(29)27-15-11-23(30,12-16-27)17-28-14-10-18(5-2)26-28/h2,4,6-10,13-14H,1,11-12,15-17,30H2,3H3/b20-8-,24-6-. The minimum atomic E-state index is -0.0277. The molecule has 1 aliphatic rings. The minimum Gasteiger partial charge on any atom is -0.339 e. The van der Waals surface area contributed by atoms with E-state index in [0.717, 1.165) is 19.4 Å². The number of likely N-dealkylation sites (tertiary alicyclic amines) is 1. The molecule has 0 N–H and O–H groups in total. The zero-order valence-corrected chi connectivity index (χ0v) is 18.3. The van der Waals surface area contributed by atoms with Gasteiger partial charge in [-0.2, -0.15) is 5.10 Å². The van der Waals surface area contributed by atoms with Crippen LogP contribution in [0.15, 0.2) is 54.3 Å². The Morgan fingerprint density at radius 2 is 2.20 bits per heavy atom. The van der Waals surface area contributed by atoms with E-state index in [-0.39, 0.29) is 11.1 Å². The number of carbonyl (C=O) groups excluding carboxylic acids is 1. The largest absolute Gasteiger partial charge is 0.339 e. The lowest BCUT2D eigenvalue weighted by Crippen LogP contribution is -2.45. The third-order valence-corrected chi connectivity index (χ3v) is 5.90. The first kappa shape index (κ1) is 21.7. The van der Waals surface area contributed by atoms with Crippen molar-refractivity contribution in [2.24, 2.45) is 4.99 Å². The smallest absolute Gasteiger partial charge is 0.256 e. The van der Waals surface area contributed by atoms with Gasteiger partial charge in [0.2, 0.25) is 0 Å². The number of hydrogen-bond acceptors (Lipinski definition) is 4. The summed E-state index contributed by atoms with van der Waals surface area (Å²) in [7, 11) is 2.97. The molecule has 30 heavy (non-hydrogen) atoms. The molecule has 1 aliphatic heterocycles. The van der Waals surface area contributed by atoms with E-state index in [1.54, 1.807) is 36.7 Å². The first-order chi connectivity index (χ1) is 14.5. The summed E-state index contributed by atoms with van der Waals surface area (Å²) >= 11 is 0. The van der Waals surface area contributed by atoms with Crippen molar-refractivity contribution in [1.29, 1.82) is 0 Å². The van der Waals surface area contributed by atoms with Crippen molar-refractivity contribution in [3.05, 3.63) is 66.3 Å². The molecule has 2 aromatic heterocycles. The Morgan fingerprint density at radius 1 is 1.43 bits per heavy atom. The molecule has 2 aromatic rings. The number of aliphatic imine (C=N–C) groups is 1. The molecule has 1 amide bonds. The Labute approximate surface area is 180 Å². The minimum absolute atomic E-state index is 0.0210. The van der Waals surface area contributed by atoms with E-state index in [1.165, 1.54) is 0 Å². The van der Waals surface area contributed by atoms with Gasteiger partial charge in [0.15, 0.2) is 0 Å². The molecule has 0 saturated carbocycles. The molecule has 0 aromatic carbocycles. The first-order valence-corrected chi connectivity index (χ1v) is 10.4. The molecule has 1 fully saturated rings. The molecule has 154 valence electrons. The van der Waals surface area contributed by atoms with Crippen LogP contribution in [0.4, 0.5) is 0 Å². The number of piperidine rings is 1. The summed E-state index contributed by atoms with van der Waals surface area (Å²) in [5.41, 5.74) is 2.38. The highest BCUT2D eigenvalue weighted by atomic mass is 31.0. The number of rotatable bonds is 6. The molecule has 3 heterocycles. The van der Waals surface area contributed by atoms with Crippen LogP contribution in [0.5, 0.6) is 0 Å². The van der Waals surface area contributed by atoms with Gasteiger partial charge in [0.25, 0.3) is 5.91 Å². The van der Waals surface area contributed by atoms with Gasteiger partial charge in [0.05, 0.1) is 17.8 Å². The summed E-state index contributed by atoms with van der Waals surface area (Å²) in [5.74, 6) is 2.52. The number of hydrogen-bond donors (Lipinski definition) is 0. The summed E-state index contributed by atoms with van der Waals surface area (Å²) in [6.07, 6.45) is 15.8. The predicted molar refractivity (Wildman–Crippen MR) is 124 cm³/mol. The summed E-state index contributed by atoms with van der Waals surface area (Å²) in [6.45, 7) is 7.64. The van der Waals surface area contributed by atoms with Crippen LogP contribution in [0, 0.1) is 12.3 Å². The van der Waals surface area contributed by atoms with E-state index in [4.69, 9.17) is 6.42 Å². The predicted octanol–water partition coefficient (Wildman–Crippen LogP) is 3.43. The van der Waals surface area contributed by atoms with Gasteiger partial charge < -0.3 is 4.90 Å². The number of pyridine rings is 1. The van der Waals surface area contributed by atoms with Crippen molar-refractivity contribution in [3.63, 3.8) is 0 Å².